The number of rotatable bonds is 12. The Kier molecular flexibility index (Phi) is 10.2. The zero-order valence-corrected chi connectivity index (χ0v) is 21.1. The smallest absolute Gasteiger partial charge is 0.146 e. The first kappa shape index (κ1) is 26.0. The molecule has 34 heavy (non-hydrogen) atoms. The Bertz CT molecular complexity index is 1040. The second-order valence-corrected chi connectivity index (χ2v) is 8.65. The van der Waals surface area contributed by atoms with E-state index in [4.69, 9.17) is 53.9 Å². The molecular formula is C24H25Cl3N2O5. The molecule has 0 amide bonds. The molecule has 0 N–H and O–H groups in total. The number of oxime groups is 2. The van der Waals surface area contributed by atoms with E-state index in [0.29, 0.717) is 29.5 Å². The van der Waals surface area contributed by atoms with Crippen LogP contribution in [0.1, 0.15) is 30.4 Å². The van der Waals surface area contributed by atoms with Crippen LogP contribution in [0.25, 0.3) is 0 Å². The van der Waals surface area contributed by atoms with E-state index in [1.807, 2.05) is 30.3 Å². The van der Waals surface area contributed by atoms with Crippen LogP contribution in [0.2, 0.25) is 5.02 Å². The average molecular weight is 528 g/mol. The predicted octanol–water partition coefficient (Wildman–Crippen LogP) is 6.38. The van der Waals surface area contributed by atoms with Crippen molar-refractivity contribution in [3.63, 3.8) is 0 Å². The number of halogens is 3. The maximum absolute atomic E-state index is 6.39. The Morgan fingerprint density at radius 1 is 1.15 bits per heavy atom. The lowest BCUT2D eigenvalue weighted by molar-refractivity contribution is 0.0741. The molecule has 1 aliphatic heterocycles. The van der Waals surface area contributed by atoms with Crippen molar-refractivity contribution in [1.29, 1.82) is 0 Å². The Balaban J connectivity index is 1.51. The van der Waals surface area contributed by atoms with Gasteiger partial charge in [-0.2, -0.15) is 0 Å². The van der Waals surface area contributed by atoms with Crippen molar-refractivity contribution in [3.05, 3.63) is 63.1 Å². The van der Waals surface area contributed by atoms with E-state index in [1.165, 1.54) is 7.11 Å². The van der Waals surface area contributed by atoms with E-state index < -0.39 is 0 Å². The van der Waals surface area contributed by atoms with Gasteiger partial charge in [0.05, 0.1) is 30.7 Å². The Hall–Kier alpha value is -2.61. The van der Waals surface area contributed by atoms with Gasteiger partial charge in [-0.25, -0.2) is 0 Å². The van der Waals surface area contributed by atoms with Gasteiger partial charge in [-0.05, 0) is 54.8 Å². The molecule has 0 saturated heterocycles. The molecule has 0 aliphatic carbocycles. The zero-order valence-electron chi connectivity index (χ0n) is 18.8. The summed E-state index contributed by atoms with van der Waals surface area (Å²) in [6, 6.07) is 11.1. The highest BCUT2D eigenvalue weighted by Gasteiger charge is 2.26. The van der Waals surface area contributed by atoms with Crippen LogP contribution in [0.4, 0.5) is 0 Å². The summed E-state index contributed by atoms with van der Waals surface area (Å²) < 4.78 is 17.1. The topological polar surface area (TPSA) is 70.9 Å². The lowest BCUT2D eigenvalue weighted by Gasteiger charge is -2.13. The van der Waals surface area contributed by atoms with Gasteiger partial charge in [0, 0.05) is 18.1 Å². The maximum Gasteiger partial charge on any atom is 0.146 e. The fraction of sp³-hybridized carbons (Fsp3) is 0.333. The molecule has 2 aromatic carbocycles. The molecule has 0 spiro atoms. The summed E-state index contributed by atoms with van der Waals surface area (Å²) in [6.07, 6.45) is 5.34. The van der Waals surface area contributed by atoms with Crippen molar-refractivity contribution >= 4 is 46.7 Å². The Morgan fingerprint density at radius 2 is 1.94 bits per heavy atom. The lowest BCUT2D eigenvalue weighted by atomic mass is 10.0. The summed E-state index contributed by atoms with van der Waals surface area (Å²) in [5.74, 6) is 1.86. The number of nitrogens with zero attached hydrogens (tertiary/aromatic N) is 2. The van der Waals surface area contributed by atoms with Gasteiger partial charge in [-0.15, -0.1) is 0 Å². The van der Waals surface area contributed by atoms with Gasteiger partial charge in [0.15, 0.2) is 0 Å². The maximum atomic E-state index is 6.39. The molecule has 1 aliphatic rings. The molecule has 0 saturated carbocycles. The van der Waals surface area contributed by atoms with Gasteiger partial charge in [-0.3, -0.25) is 0 Å². The average Bonchev–Trinajstić information content (AvgIpc) is 3.29. The van der Waals surface area contributed by atoms with E-state index >= 15 is 0 Å². The molecule has 7 nitrogen and oxygen atoms in total. The molecule has 10 heteroatoms. The van der Waals surface area contributed by atoms with Gasteiger partial charge in [0.2, 0.25) is 0 Å². The third-order valence-electron chi connectivity index (χ3n) is 4.88. The minimum Gasteiger partial charge on any atom is -0.494 e. The number of methoxy groups -OCH3 is 1. The number of ether oxygens (including phenoxy) is 3. The first-order valence-electron chi connectivity index (χ1n) is 10.5. The Labute approximate surface area is 213 Å². The molecule has 182 valence electrons. The molecule has 0 bridgehead atoms. The van der Waals surface area contributed by atoms with Crippen LogP contribution in [0.15, 0.2) is 57.3 Å². The van der Waals surface area contributed by atoms with Crippen molar-refractivity contribution < 1.29 is 23.9 Å². The fourth-order valence-corrected chi connectivity index (χ4v) is 3.69. The fourth-order valence-electron chi connectivity index (χ4n) is 3.28. The third-order valence-corrected chi connectivity index (χ3v) is 5.47. The van der Waals surface area contributed by atoms with E-state index in [2.05, 4.69) is 15.1 Å². The third kappa shape index (κ3) is 7.72. The minimum atomic E-state index is -0.0581. The highest BCUT2D eigenvalue weighted by molar-refractivity contribution is 6.55. The van der Waals surface area contributed by atoms with Crippen LogP contribution in [0.3, 0.4) is 0 Å². The van der Waals surface area contributed by atoms with Crippen molar-refractivity contribution in [3.8, 4) is 17.2 Å². The van der Waals surface area contributed by atoms with Gasteiger partial charge in [0.1, 0.15) is 41.6 Å². The van der Waals surface area contributed by atoms with Crippen LogP contribution in [-0.2, 0) is 9.68 Å². The molecule has 1 unspecified atom stereocenters. The second kappa shape index (κ2) is 13.3. The van der Waals surface area contributed by atoms with Crippen molar-refractivity contribution in [1.82, 2.24) is 0 Å². The summed E-state index contributed by atoms with van der Waals surface area (Å²) in [4.78, 5) is 10.3. The molecule has 3 rings (SSSR count). The van der Waals surface area contributed by atoms with E-state index in [0.717, 1.165) is 35.4 Å². The van der Waals surface area contributed by atoms with Crippen LogP contribution in [0.5, 0.6) is 17.2 Å². The van der Waals surface area contributed by atoms with Crippen LogP contribution in [-0.4, -0.2) is 45.5 Å². The molecule has 1 heterocycles. The van der Waals surface area contributed by atoms with Gasteiger partial charge < -0.3 is 23.9 Å². The largest absolute Gasteiger partial charge is 0.494 e. The number of hydrogen-bond acceptors (Lipinski definition) is 7. The van der Waals surface area contributed by atoms with Gasteiger partial charge >= 0.3 is 0 Å². The molecule has 0 fully saturated rings. The summed E-state index contributed by atoms with van der Waals surface area (Å²) in [6.45, 7) is 0.773. The predicted molar refractivity (Wildman–Crippen MR) is 135 cm³/mol. The molecule has 2 aromatic rings. The van der Waals surface area contributed by atoms with Gasteiger partial charge in [-0.1, -0.05) is 45.1 Å². The van der Waals surface area contributed by atoms with Crippen molar-refractivity contribution in [2.24, 2.45) is 10.3 Å². The molecule has 1 atom stereocenters. The first-order chi connectivity index (χ1) is 16.5. The zero-order chi connectivity index (χ0) is 24.3. The van der Waals surface area contributed by atoms with Crippen LogP contribution < -0.4 is 14.2 Å². The second-order valence-electron chi connectivity index (χ2n) is 7.24. The minimum absolute atomic E-state index is 0.0581. The SMILES string of the molecule is CO/N=C/c1ccc(OCCCC2CC(c3cc(OCC=C(Cl)Cl)cc(Cl)c3OC)=NO2)cc1. The number of hydrogen-bond donors (Lipinski definition) is 0. The lowest BCUT2D eigenvalue weighted by Crippen LogP contribution is -2.11. The standard InChI is InChI=1S/C24H25Cl3N2O5/c1-30-24-20(12-19(13-21(24)25)33-11-9-23(26)27)22-14-18(34-29-22)4-3-10-32-17-7-5-16(6-8-17)15-28-31-2/h5-9,12-13,15,18H,3-4,10-11,14H2,1-2H3/b28-15+. The summed E-state index contributed by atoms with van der Waals surface area (Å²) in [7, 11) is 3.07. The van der Waals surface area contributed by atoms with Crippen LogP contribution in [0, 0.1) is 0 Å². The molecule has 0 radical (unpaired) electrons. The van der Waals surface area contributed by atoms with Crippen molar-refractivity contribution in [2.75, 3.05) is 27.4 Å². The highest BCUT2D eigenvalue weighted by atomic mass is 35.5. The monoisotopic (exact) mass is 526 g/mol. The first-order valence-corrected chi connectivity index (χ1v) is 11.7. The number of benzene rings is 2. The van der Waals surface area contributed by atoms with E-state index in [-0.39, 0.29) is 17.2 Å². The Morgan fingerprint density at radius 3 is 2.65 bits per heavy atom. The van der Waals surface area contributed by atoms with E-state index in [9.17, 15) is 0 Å². The van der Waals surface area contributed by atoms with E-state index in [1.54, 1.807) is 25.5 Å². The quantitative estimate of drug-likeness (QED) is 0.182. The summed E-state index contributed by atoms with van der Waals surface area (Å²) >= 11 is 17.6. The van der Waals surface area contributed by atoms with Crippen molar-refractivity contribution in [2.45, 2.75) is 25.4 Å². The van der Waals surface area contributed by atoms with Crippen LogP contribution >= 0.6 is 34.8 Å². The summed E-state index contributed by atoms with van der Waals surface area (Å²) in [5, 5.41) is 8.41. The normalized spacial score (nSPS) is 15.0. The molecular weight excluding hydrogens is 503 g/mol. The van der Waals surface area contributed by atoms with Gasteiger partial charge in [0.25, 0.3) is 0 Å². The highest BCUT2D eigenvalue weighted by Crippen LogP contribution is 2.36. The summed E-state index contributed by atoms with van der Waals surface area (Å²) in [5.41, 5.74) is 2.40. The molecule has 0 aromatic heterocycles.